The molecule has 1 aromatic heterocycles. The van der Waals surface area contributed by atoms with E-state index in [-0.39, 0.29) is 18.4 Å². The van der Waals surface area contributed by atoms with E-state index in [1.54, 1.807) is 12.1 Å². The van der Waals surface area contributed by atoms with Crippen molar-refractivity contribution in [1.82, 2.24) is 4.90 Å². The molecule has 0 amide bonds. The zero-order chi connectivity index (χ0) is 11.4. The Hall–Kier alpha value is -0.840. The second-order valence-corrected chi connectivity index (χ2v) is 3.70. The Balaban J connectivity index is 2.73. The summed E-state index contributed by atoms with van der Waals surface area (Å²) in [6.45, 7) is 2.56. The number of furan rings is 1. The first-order valence-corrected chi connectivity index (χ1v) is 5.04. The lowest BCUT2D eigenvalue weighted by Gasteiger charge is -2.21. The predicted molar refractivity (Wildman–Crippen MR) is 57.0 cm³/mol. The van der Waals surface area contributed by atoms with Crippen LogP contribution in [0.3, 0.4) is 0 Å². The van der Waals surface area contributed by atoms with Crippen molar-refractivity contribution >= 4 is 16.8 Å². The van der Waals surface area contributed by atoms with Crippen LogP contribution in [-0.2, 0) is 0 Å². The Labute approximate surface area is 93.4 Å². The van der Waals surface area contributed by atoms with E-state index in [1.165, 1.54) is 0 Å². The number of hydrogen-bond donors (Lipinski definition) is 1. The monoisotopic (exact) mass is 231 g/mol. The van der Waals surface area contributed by atoms with E-state index in [0.29, 0.717) is 12.3 Å². The van der Waals surface area contributed by atoms with E-state index in [0.717, 1.165) is 0 Å². The molecule has 1 atom stereocenters. The molecule has 0 saturated heterocycles. The van der Waals surface area contributed by atoms with Gasteiger partial charge in [-0.1, -0.05) is 0 Å². The van der Waals surface area contributed by atoms with Crippen LogP contribution in [0.4, 0.5) is 0 Å². The molecular formula is C10H14ClNO3. The zero-order valence-electron chi connectivity index (χ0n) is 8.74. The molecule has 5 heteroatoms. The van der Waals surface area contributed by atoms with Crippen molar-refractivity contribution in [2.24, 2.45) is 0 Å². The molecule has 0 fully saturated rings. The highest BCUT2D eigenvalue weighted by molar-refractivity contribution is 6.67. The Morgan fingerprint density at radius 2 is 2.33 bits per heavy atom. The quantitative estimate of drug-likeness (QED) is 0.783. The third kappa shape index (κ3) is 3.06. The summed E-state index contributed by atoms with van der Waals surface area (Å²) >= 11 is 5.28. The Kier molecular flexibility index (Phi) is 4.32. The molecule has 15 heavy (non-hydrogen) atoms. The van der Waals surface area contributed by atoms with Crippen LogP contribution >= 0.6 is 11.6 Å². The van der Waals surface area contributed by atoms with Gasteiger partial charge in [0.25, 0.3) is 5.24 Å². The summed E-state index contributed by atoms with van der Waals surface area (Å²) < 4.78 is 5.27. The van der Waals surface area contributed by atoms with Gasteiger partial charge in [-0.2, -0.15) is 0 Å². The first-order chi connectivity index (χ1) is 7.06. The molecule has 1 aromatic rings. The number of nitrogens with zero attached hydrogens (tertiary/aromatic N) is 1. The van der Waals surface area contributed by atoms with Crippen LogP contribution in [0.2, 0.25) is 0 Å². The minimum Gasteiger partial charge on any atom is -0.455 e. The van der Waals surface area contributed by atoms with Gasteiger partial charge in [0.1, 0.15) is 5.76 Å². The molecule has 84 valence electrons. The molecule has 0 bridgehead atoms. The van der Waals surface area contributed by atoms with Gasteiger partial charge in [-0.25, -0.2) is 0 Å². The van der Waals surface area contributed by atoms with Gasteiger partial charge in [0, 0.05) is 6.54 Å². The normalized spacial score (nSPS) is 13.1. The van der Waals surface area contributed by atoms with Crippen molar-refractivity contribution in [3.05, 3.63) is 23.7 Å². The number of aliphatic hydroxyl groups excluding tert-OH is 1. The van der Waals surface area contributed by atoms with E-state index in [1.807, 2.05) is 18.9 Å². The van der Waals surface area contributed by atoms with E-state index in [4.69, 9.17) is 21.1 Å². The number of halogens is 1. The second kappa shape index (κ2) is 5.30. The lowest BCUT2D eigenvalue weighted by Crippen LogP contribution is -2.25. The standard InChI is InChI=1S/C10H14ClNO3/c1-7(12(2)5-6-13)8-3-4-9(15-8)10(11)14/h3-4,7,13H,5-6H2,1-2H3. The maximum Gasteiger partial charge on any atom is 0.287 e. The highest BCUT2D eigenvalue weighted by Gasteiger charge is 2.16. The van der Waals surface area contributed by atoms with Crippen LogP contribution in [0.1, 0.15) is 29.3 Å². The van der Waals surface area contributed by atoms with Crippen LogP contribution < -0.4 is 0 Å². The smallest absolute Gasteiger partial charge is 0.287 e. The molecule has 4 nitrogen and oxygen atoms in total. The third-order valence-corrected chi connectivity index (χ3v) is 2.53. The van der Waals surface area contributed by atoms with Gasteiger partial charge in [-0.05, 0) is 37.7 Å². The number of likely N-dealkylation sites (N-methyl/N-ethyl adjacent to an activating group) is 1. The van der Waals surface area contributed by atoms with Crippen molar-refractivity contribution in [2.75, 3.05) is 20.2 Å². The van der Waals surface area contributed by atoms with Crippen LogP contribution in [0, 0.1) is 0 Å². The highest BCUT2D eigenvalue weighted by atomic mass is 35.5. The lowest BCUT2D eigenvalue weighted by molar-refractivity contribution is 0.105. The predicted octanol–water partition coefficient (Wildman–Crippen LogP) is 1.64. The molecule has 0 radical (unpaired) electrons. The van der Waals surface area contributed by atoms with E-state index in [2.05, 4.69) is 0 Å². The number of carbonyl (C=O) groups excluding carboxylic acids is 1. The van der Waals surface area contributed by atoms with E-state index < -0.39 is 5.24 Å². The van der Waals surface area contributed by atoms with Crippen molar-refractivity contribution in [3.8, 4) is 0 Å². The van der Waals surface area contributed by atoms with Crippen molar-refractivity contribution in [1.29, 1.82) is 0 Å². The molecule has 1 N–H and O–H groups in total. The van der Waals surface area contributed by atoms with Gasteiger partial charge >= 0.3 is 0 Å². The van der Waals surface area contributed by atoms with E-state index >= 15 is 0 Å². The van der Waals surface area contributed by atoms with Gasteiger partial charge in [0.2, 0.25) is 0 Å². The zero-order valence-corrected chi connectivity index (χ0v) is 9.49. The third-order valence-electron chi connectivity index (χ3n) is 2.35. The molecule has 0 saturated carbocycles. The average molecular weight is 232 g/mol. The summed E-state index contributed by atoms with van der Waals surface area (Å²) in [6, 6.07) is 3.27. The van der Waals surface area contributed by atoms with Crippen molar-refractivity contribution < 1.29 is 14.3 Å². The minimum absolute atomic E-state index is 0.00177. The Morgan fingerprint density at radius 3 is 2.80 bits per heavy atom. The average Bonchev–Trinajstić information content (AvgIpc) is 2.65. The van der Waals surface area contributed by atoms with Crippen LogP contribution in [0.25, 0.3) is 0 Å². The van der Waals surface area contributed by atoms with Gasteiger partial charge in [-0.3, -0.25) is 9.69 Å². The molecule has 0 aliphatic heterocycles. The summed E-state index contributed by atoms with van der Waals surface area (Å²) in [5.74, 6) is 0.811. The maximum atomic E-state index is 10.8. The van der Waals surface area contributed by atoms with Crippen LogP contribution in [-0.4, -0.2) is 35.4 Å². The molecule has 0 aliphatic carbocycles. The fourth-order valence-electron chi connectivity index (χ4n) is 1.25. The van der Waals surface area contributed by atoms with Crippen molar-refractivity contribution in [2.45, 2.75) is 13.0 Å². The Bertz CT molecular complexity index is 337. The van der Waals surface area contributed by atoms with Gasteiger partial charge in [0.15, 0.2) is 5.76 Å². The van der Waals surface area contributed by atoms with Crippen LogP contribution in [0.5, 0.6) is 0 Å². The summed E-state index contributed by atoms with van der Waals surface area (Å²) in [7, 11) is 1.87. The summed E-state index contributed by atoms with van der Waals surface area (Å²) in [6.07, 6.45) is 0. The largest absolute Gasteiger partial charge is 0.455 e. The van der Waals surface area contributed by atoms with Gasteiger partial charge < -0.3 is 9.52 Å². The topological polar surface area (TPSA) is 53.7 Å². The fourth-order valence-corrected chi connectivity index (χ4v) is 1.35. The molecule has 0 spiro atoms. The SMILES string of the molecule is CC(c1ccc(C(=O)Cl)o1)N(C)CCO. The highest BCUT2D eigenvalue weighted by Crippen LogP contribution is 2.21. The molecular weight excluding hydrogens is 218 g/mol. The molecule has 1 heterocycles. The van der Waals surface area contributed by atoms with Crippen LogP contribution in [0.15, 0.2) is 16.5 Å². The number of hydrogen-bond acceptors (Lipinski definition) is 4. The minimum atomic E-state index is -0.599. The number of carbonyl (C=O) groups is 1. The molecule has 0 aliphatic rings. The molecule has 1 unspecified atom stereocenters. The first-order valence-electron chi connectivity index (χ1n) is 4.67. The first kappa shape index (κ1) is 12.2. The Morgan fingerprint density at radius 1 is 1.67 bits per heavy atom. The summed E-state index contributed by atoms with van der Waals surface area (Å²) in [5, 5.41) is 8.18. The number of rotatable bonds is 5. The summed E-state index contributed by atoms with van der Waals surface area (Å²) in [4.78, 5) is 12.7. The summed E-state index contributed by atoms with van der Waals surface area (Å²) in [5.41, 5.74) is 0. The second-order valence-electron chi connectivity index (χ2n) is 3.36. The molecule has 0 aromatic carbocycles. The van der Waals surface area contributed by atoms with Gasteiger partial charge in [0.05, 0.1) is 12.6 Å². The maximum absolute atomic E-state index is 10.8. The van der Waals surface area contributed by atoms with E-state index in [9.17, 15) is 4.79 Å². The number of aliphatic hydroxyl groups is 1. The molecule has 1 rings (SSSR count). The lowest BCUT2D eigenvalue weighted by atomic mass is 10.2. The fraction of sp³-hybridized carbons (Fsp3) is 0.500. The van der Waals surface area contributed by atoms with Crippen molar-refractivity contribution in [3.63, 3.8) is 0 Å². The van der Waals surface area contributed by atoms with Gasteiger partial charge in [-0.15, -0.1) is 0 Å².